The van der Waals surface area contributed by atoms with Crippen LogP contribution in [0.25, 0.3) is 0 Å². The van der Waals surface area contributed by atoms with E-state index in [1.54, 1.807) is 0 Å². The minimum Gasteiger partial charge on any atom is -0.466 e. The molecule has 0 bridgehead atoms. The molecule has 1 aliphatic heterocycles. The van der Waals surface area contributed by atoms with E-state index in [1.807, 2.05) is 0 Å². The largest absolute Gasteiger partial charge is 0.466 e. The van der Waals surface area contributed by atoms with Gasteiger partial charge in [-0.15, -0.1) is 0 Å². The summed E-state index contributed by atoms with van der Waals surface area (Å²) in [6.45, 7) is 3.76. The van der Waals surface area contributed by atoms with Crippen molar-refractivity contribution < 1.29 is 14.3 Å². The maximum absolute atomic E-state index is 11.2. The van der Waals surface area contributed by atoms with Gasteiger partial charge in [0.25, 0.3) is 0 Å². The summed E-state index contributed by atoms with van der Waals surface area (Å²) in [5.74, 6) is -0.329. The molecule has 2 unspecified atom stereocenters. The molecule has 1 saturated heterocycles. The van der Waals surface area contributed by atoms with Crippen molar-refractivity contribution in [3.05, 3.63) is 12.2 Å². The van der Waals surface area contributed by atoms with Gasteiger partial charge in [-0.25, -0.2) is 4.79 Å². The lowest BCUT2D eigenvalue weighted by Gasteiger charge is -2.17. The number of fused-ring (bicyclic) bond motifs is 1. The number of methoxy groups -OCH3 is 1. The molecule has 72 valence electrons. The summed E-state index contributed by atoms with van der Waals surface area (Å²) >= 11 is 0. The zero-order chi connectivity index (χ0) is 9.47. The van der Waals surface area contributed by atoms with Crippen molar-refractivity contribution in [2.45, 2.75) is 37.4 Å². The molecule has 0 spiro atoms. The first-order valence-electron chi connectivity index (χ1n) is 4.66. The van der Waals surface area contributed by atoms with E-state index in [1.165, 1.54) is 13.5 Å². The van der Waals surface area contributed by atoms with Gasteiger partial charge in [-0.1, -0.05) is 19.4 Å². The van der Waals surface area contributed by atoms with Crippen molar-refractivity contribution in [2.24, 2.45) is 0 Å². The number of ether oxygens (including phenoxy) is 2. The number of epoxide rings is 1. The zero-order valence-corrected chi connectivity index (χ0v) is 7.84. The lowest BCUT2D eigenvalue weighted by molar-refractivity contribution is -0.136. The number of rotatable bonds is 2. The number of esters is 1. The minimum absolute atomic E-state index is 0.229. The minimum atomic E-state index is -0.342. The average Bonchev–Trinajstić information content (AvgIpc) is 2.90. The van der Waals surface area contributed by atoms with Crippen molar-refractivity contribution >= 4 is 5.97 Å². The van der Waals surface area contributed by atoms with Crippen LogP contribution in [0.5, 0.6) is 0 Å². The first kappa shape index (κ1) is 8.75. The standard InChI is InChI=1S/C10H14O3/c1-7(9(11)12-2)10-6-4-3-5-8(10)13-10/h8H,1,3-6H2,2H3. The SMILES string of the molecule is C=C(C(=O)OC)C12CCCCC1O2. The quantitative estimate of drug-likeness (QED) is 0.368. The molecule has 0 aromatic carbocycles. The molecule has 2 atom stereocenters. The lowest BCUT2D eigenvalue weighted by Crippen LogP contribution is -2.26. The Balaban J connectivity index is 2.08. The predicted octanol–water partition coefficient (Wildman–Crippen LogP) is 1.43. The zero-order valence-electron chi connectivity index (χ0n) is 7.84. The summed E-state index contributed by atoms with van der Waals surface area (Å²) < 4.78 is 10.2. The molecular formula is C10H14O3. The molecule has 2 fully saturated rings. The van der Waals surface area contributed by atoms with E-state index in [4.69, 9.17) is 4.74 Å². The van der Waals surface area contributed by atoms with Crippen LogP contribution in [-0.2, 0) is 14.3 Å². The third-order valence-electron chi connectivity index (χ3n) is 3.02. The molecule has 2 aliphatic rings. The van der Waals surface area contributed by atoms with Crippen LogP contribution < -0.4 is 0 Å². The highest BCUT2D eigenvalue weighted by Crippen LogP contribution is 2.52. The van der Waals surface area contributed by atoms with Crippen LogP contribution >= 0.6 is 0 Å². The van der Waals surface area contributed by atoms with E-state index in [0.29, 0.717) is 5.57 Å². The van der Waals surface area contributed by atoms with Gasteiger partial charge < -0.3 is 9.47 Å². The fourth-order valence-corrected chi connectivity index (χ4v) is 2.16. The molecular weight excluding hydrogens is 168 g/mol. The number of carbonyl (C=O) groups is 1. The Morgan fingerprint density at radius 1 is 1.62 bits per heavy atom. The second-order valence-corrected chi connectivity index (χ2v) is 3.71. The van der Waals surface area contributed by atoms with Gasteiger partial charge in [-0.3, -0.25) is 0 Å². The van der Waals surface area contributed by atoms with Gasteiger partial charge in [0.15, 0.2) is 0 Å². The van der Waals surface area contributed by atoms with Crippen LogP contribution in [0.3, 0.4) is 0 Å². The topological polar surface area (TPSA) is 38.8 Å². The van der Waals surface area contributed by atoms with Crippen molar-refractivity contribution in [1.82, 2.24) is 0 Å². The smallest absolute Gasteiger partial charge is 0.336 e. The summed E-state index contributed by atoms with van der Waals surface area (Å²) in [4.78, 5) is 11.2. The molecule has 1 saturated carbocycles. The van der Waals surface area contributed by atoms with Crippen molar-refractivity contribution in [2.75, 3.05) is 7.11 Å². The van der Waals surface area contributed by atoms with Crippen LogP contribution in [0, 0.1) is 0 Å². The van der Waals surface area contributed by atoms with Gasteiger partial charge in [0.1, 0.15) is 5.60 Å². The highest BCUT2D eigenvalue weighted by Gasteiger charge is 2.60. The molecule has 0 aromatic rings. The van der Waals surface area contributed by atoms with Gasteiger partial charge in [0.2, 0.25) is 0 Å². The molecule has 1 aliphatic carbocycles. The van der Waals surface area contributed by atoms with Gasteiger partial charge >= 0.3 is 5.97 Å². The van der Waals surface area contributed by atoms with E-state index in [2.05, 4.69) is 11.3 Å². The fourth-order valence-electron chi connectivity index (χ4n) is 2.16. The fraction of sp³-hybridized carbons (Fsp3) is 0.700. The molecule has 13 heavy (non-hydrogen) atoms. The second-order valence-electron chi connectivity index (χ2n) is 3.71. The van der Waals surface area contributed by atoms with Crippen LogP contribution in [-0.4, -0.2) is 24.8 Å². The van der Waals surface area contributed by atoms with Gasteiger partial charge in [-0.05, 0) is 12.8 Å². The first-order chi connectivity index (χ1) is 6.20. The van der Waals surface area contributed by atoms with Crippen molar-refractivity contribution in [3.8, 4) is 0 Å². The molecule has 0 radical (unpaired) electrons. The third-order valence-corrected chi connectivity index (χ3v) is 3.02. The van der Waals surface area contributed by atoms with E-state index in [9.17, 15) is 4.79 Å². The average molecular weight is 182 g/mol. The molecule has 3 nitrogen and oxygen atoms in total. The predicted molar refractivity (Wildman–Crippen MR) is 47.2 cm³/mol. The van der Waals surface area contributed by atoms with Crippen LogP contribution in [0.1, 0.15) is 25.7 Å². The molecule has 1 heterocycles. The Bertz CT molecular complexity index is 259. The summed E-state index contributed by atoms with van der Waals surface area (Å²) in [7, 11) is 1.38. The summed E-state index contributed by atoms with van der Waals surface area (Å²) in [5, 5.41) is 0. The lowest BCUT2D eigenvalue weighted by atomic mass is 9.84. The van der Waals surface area contributed by atoms with Crippen LogP contribution in [0.15, 0.2) is 12.2 Å². The van der Waals surface area contributed by atoms with Gasteiger partial charge in [0, 0.05) is 0 Å². The first-order valence-corrected chi connectivity index (χ1v) is 4.66. The molecule has 0 amide bonds. The summed E-state index contributed by atoms with van der Waals surface area (Å²) in [6, 6.07) is 0. The van der Waals surface area contributed by atoms with E-state index in [0.717, 1.165) is 19.3 Å². The molecule has 2 rings (SSSR count). The van der Waals surface area contributed by atoms with Gasteiger partial charge in [-0.2, -0.15) is 0 Å². The number of hydrogen-bond acceptors (Lipinski definition) is 3. The monoisotopic (exact) mass is 182 g/mol. The van der Waals surface area contributed by atoms with Gasteiger partial charge in [0.05, 0.1) is 18.8 Å². The number of hydrogen-bond donors (Lipinski definition) is 0. The molecule has 3 heteroatoms. The summed E-state index contributed by atoms with van der Waals surface area (Å²) in [6.07, 6.45) is 4.52. The second kappa shape index (κ2) is 2.84. The molecule has 0 N–H and O–H groups in total. The van der Waals surface area contributed by atoms with Crippen LogP contribution in [0.4, 0.5) is 0 Å². The number of carbonyl (C=O) groups excluding carboxylic acids is 1. The summed E-state index contributed by atoms with van der Waals surface area (Å²) in [5.41, 5.74) is 0.158. The Labute approximate surface area is 77.7 Å². The highest BCUT2D eigenvalue weighted by molar-refractivity contribution is 5.91. The maximum Gasteiger partial charge on any atom is 0.336 e. The Kier molecular flexibility index (Phi) is 1.91. The van der Waals surface area contributed by atoms with E-state index >= 15 is 0 Å². The van der Waals surface area contributed by atoms with E-state index < -0.39 is 0 Å². The van der Waals surface area contributed by atoms with Crippen molar-refractivity contribution in [1.29, 1.82) is 0 Å². The Hall–Kier alpha value is -0.830. The van der Waals surface area contributed by atoms with Crippen molar-refractivity contribution in [3.63, 3.8) is 0 Å². The molecule has 0 aromatic heterocycles. The highest BCUT2D eigenvalue weighted by atomic mass is 16.6. The van der Waals surface area contributed by atoms with Crippen LogP contribution in [0.2, 0.25) is 0 Å². The normalized spacial score (nSPS) is 36.2. The maximum atomic E-state index is 11.2. The van der Waals surface area contributed by atoms with E-state index in [-0.39, 0.29) is 17.7 Å². The Morgan fingerprint density at radius 3 is 3.00 bits per heavy atom. The third kappa shape index (κ3) is 1.18. The Morgan fingerprint density at radius 2 is 2.38 bits per heavy atom.